The molecule has 1 saturated carbocycles. The molecule has 1 aliphatic rings. The first-order valence-electron chi connectivity index (χ1n) is 10.6. The lowest BCUT2D eigenvalue weighted by Crippen LogP contribution is -2.56. The molecule has 0 radical (unpaired) electrons. The van der Waals surface area contributed by atoms with E-state index in [1.807, 2.05) is 51.2 Å². The lowest BCUT2D eigenvalue weighted by Gasteiger charge is -2.35. The Labute approximate surface area is 172 Å². The van der Waals surface area contributed by atoms with Gasteiger partial charge in [0, 0.05) is 23.6 Å². The highest BCUT2D eigenvalue weighted by Crippen LogP contribution is 2.27. The molecule has 0 unspecified atom stereocenters. The number of rotatable bonds is 5. The van der Waals surface area contributed by atoms with Crippen LogP contribution in [0.5, 0.6) is 0 Å². The summed E-state index contributed by atoms with van der Waals surface area (Å²) in [6.07, 6.45) is 7.87. The molecule has 1 heterocycles. The van der Waals surface area contributed by atoms with Gasteiger partial charge in [0.2, 0.25) is 5.91 Å². The zero-order valence-electron chi connectivity index (χ0n) is 17.8. The van der Waals surface area contributed by atoms with Crippen LogP contribution in [-0.2, 0) is 16.0 Å². The number of carbonyl (C=O) groups excluding carboxylic acids is 2. The van der Waals surface area contributed by atoms with Gasteiger partial charge in [-0.2, -0.15) is 0 Å². The summed E-state index contributed by atoms with van der Waals surface area (Å²) in [5.74, 6) is -0.0376. The van der Waals surface area contributed by atoms with Crippen molar-refractivity contribution < 1.29 is 14.3 Å². The SMILES string of the molecule is CC(C)(C)OC(=O)NC1(CNC(=O)Cc2c[nH]c3ccccc23)CCCCCC1. The maximum atomic E-state index is 12.7. The first-order chi connectivity index (χ1) is 13.8. The summed E-state index contributed by atoms with van der Waals surface area (Å²) in [4.78, 5) is 28.3. The lowest BCUT2D eigenvalue weighted by atomic mass is 9.90. The highest BCUT2D eigenvalue weighted by atomic mass is 16.6. The van der Waals surface area contributed by atoms with Crippen molar-refractivity contribution in [2.45, 2.75) is 76.9 Å². The Balaban J connectivity index is 1.64. The molecule has 0 atom stereocenters. The molecule has 0 spiro atoms. The van der Waals surface area contributed by atoms with Crippen molar-refractivity contribution in [3.05, 3.63) is 36.0 Å². The summed E-state index contributed by atoms with van der Waals surface area (Å²) in [6.45, 7) is 5.99. The molecule has 1 aliphatic carbocycles. The average Bonchev–Trinajstić information content (AvgIpc) is 2.89. The molecule has 6 nitrogen and oxygen atoms in total. The van der Waals surface area contributed by atoms with Crippen LogP contribution in [0.15, 0.2) is 30.5 Å². The van der Waals surface area contributed by atoms with E-state index in [9.17, 15) is 9.59 Å². The normalized spacial score (nSPS) is 16.8. The third kappa shape index (κ3) is 5.99. The predicted octanol–water partition coefficient (Wildman–Crippen LogP) is 4.44. The second-order valence-electron chi connectivity index (χ2n) is 9.13. The van der Waals surface area contributed by atoms with Crippen LogP contribution < -0.4 is 10.6 Å². The average molecular weight is 400 g/mol. The summed E-state index contributed by atoms with van der Waals surface area (Å²) in [5, 5.41) is 7.23. The molecule has 158 valence electrons. The molecule has 1 aromatic carbocycles. The van der Waals surface area contributed by atoms with Crippen LogP contribution in [0.1, 0.15) is 64.9 Å². The molecule has 1 aromatic heterocycles. The van der Waals surface area contributed by atoms with E-state index < -0.39 is 17.2 Å². The van der Waals surface area contributed by atoms with Crippen LogP contribution in [0, 0.1) is 0 Å². The fraction of sp³-hybridized carbons (Fsp3) is 0.565. The van der Waals surface area contributed by atoms with Crippen LogP contribution >= 0.6 is 0 Å². The van der Waals surface area contributed by atoms with E-state index in [0.29, 0.717) is 13.0 Å². The van der Waals surface area contributed by atoms with E-state index in [2.05, 4.69) is 15.6 Å². The quantitative estimate of drug-likeness (QED) is 0.650. The molecule has 3 rings (SSSR count). The topological polar surface area (TPSA) is 83.2 Å². The van der Waals surface area contributed by atoms with Gasteiger partial charge in [0.05, 0.1) is 12.0 Å². The standard InChI is InChI=1S/C23H33N3O3/c1-22(2,3)29-21(28)26-23(12-8-4-5-9-13-23)16-25-20(27)14-17-15-24-19-11-7-6-10-18(17)19/h6-7,10-11,15,24H,4-5,8-9,12-14,16H2,1-3H3,(H,25,27)(H,26,28). The van der Waals surface area contributed by atoms with Gasteiger partial charge < -0.3 is 20.4 Å². The smallest absolute Gasteiger partial charge is 0.408 e. The first-order valence-corrected chi connectivity index (χ1v) is 10.6. The number of aromatic amines is 1. The van der Waals surface area contributed by atoms with Crippen molar-refractivity contribution in [2.75, 3.05) is 6.54 Å². The first kappa shape index (κ1) is 21.2. The van der Waals surface area contributed by atoms with Crippen molar-refractivity contribution in [1.82, 2.24) is 15.6 Å². The van der Waals surface area contributed by atoms with Crippen molar-refractivity contribution in [3.63, 3.8) is 0 Å². The Morgan fingerprint density at radius 3 is 2.48 bits per heavy atom. The minimum Gasteiger partial charge on any atom is -0.444 e. The minimum atomic E-state index is -0.547. The van der Waals surface area contributed by atoms with E-state index in [1.165, 1.54) is 0 Å². The summed E-state index contributed by atoms with van der Waals surface area (Å²) in [5.41, 5.74) is 1.01. The number of amides is 2. The van der Waals surface area contributed by atoms with Gasteiger partial charge in [0.15, 0.2) is 0 Å². The molecular weight excluding hydrogens is 366 g/mol. The van der Waals surface area contributed by atoms with Gasteiger partial charge in [-0.1, -0.05) is 43.9 Å². The van der Waals surface area contributed by atoms with E-state index in [-0.39, 0.29) is 5.91 Å². The Hall–Kier alpha value is -2.50. The Kier molecular flexibility index (Phi) is 6.50. The number of nitrogens with one attached hydrogen (secondary N) is 3. The van der Waals surface area contributed by atoms with Gasteiger partial charge >= 0.3 is 6.09 Å². The molecule has 6 heteroatoms. The lowest BCUT2D eigenvalue weighted by molar-refractivity contribution is -0.120. The Morgan fingerprint density at radius 2 is 1.79 bits per heavy atom. The van der Waals surface area contributed by atoms with Gasteiger partial charge in [-0.15, -0.1) is 0 Å². The van der Waals surface area contributed by atoms with E-state index in [0.717, 1.165) is 55.0 Å². The molecule has 2 amide bonds. The van der Waals surface area contributed by atoms with Crippen LogP contribution in [0.3, 0.4) is 0 Å². The zero-order valence-corrected chi connectivity index (χ0v) is 17.8. The Morgan fingerprint density at radius 1 is 1.10 bits per heavy atom. The largest absolute Gasteiger partial charge is 0.444 e. The van der Waals surface area contributed by atoms with Gasteiger partial charge in [-0.05, 0) is 45.2 Å². The zero-order chi connectivity index (χ0) is 20.9. The predicted molar refractivity (Wildman–Crippen MR) is 115 cm³/mol. The second-order valence-corrected chi connectivity index (χ2v) is 9.13. The third-order valence-electron chi connectivity index (χ3n) is 5.48. The van der Waals surface area contributed by atoms with Crippen molar-refractivity contribution in [2.24, 2.45) is 0 Å². The molecule has 2 aromatic rings. The highest BCUT2D eigenvalue weighted by Gasteiger charge is 2.34. The molecule has 0 bridgehead atoms. The van der Waals surface area contributed by atoms with Gasteiger partial charge in [-0.3, -0.25) is 4.79 Å². The number of H-pyrrole nitrogens is 1. The van der Waals surface area contributed by atoms with Gasteiger partial charge in [0.1, 0.15) is 5.60 Å². The van der Waals surface area contributed by atoms with E-state index >= 15 is 0 Å². The fourth-order valence-electron chi connectivity index (χ4n) is 4.05. The number of fused-ring (bicyclic) bond motifs is 1. The number of hydrogen-bond donors (Lipinski definition) is 3. The number of alkyl carbamates (subject to hydrolysis) is 1. The van der Waals surface area contributed by atoms with Crippen LogP contribution in [-0.4, -0.2) is 34.7 Å². The number of para-hydroxylation sites is 1. The maximum absolute atomic E-state index is 12.7. The second kappa shape index (κ2) is 8.89. The minimum absolute atomic E-state index is 0.0376. The van der Waals surface area contributed by atoms with Gasteiger partial charge in [0.25, 0.3) is 0 Å². The molecular formula is C23H33N3O3. The van der Waals surface area contributed by atoms with Crippen molar-refractivity contribution in [1.29, 1.82) is 0 Å². The number of aromatic nitrogens is 1. The fourth-order valence-corrected chi connectivity index (χ4v) is 4.05. The number of hydrogen-bond acceptors (Lipinski definition) is 3. The summed E-state index contributed by atoms with van der Waals surface area (Å²) >= 11 is 0. The summed E-state index contributed by atoms with van der Waals surface area (Å²) in [6, 6.07) is 7.97. The molecule has 1 fully saturated rings. The summed E-state index contributed by atoms with van der Waals surface area (Å²) in [7, 11) is 0. The molecule has 0 saturated heterocycles. The highest BCUT2D eigenvalue weighted by molar-refractivity contribution is 5.88. The number of ether oxygens (including phenoxy) is 1. The van der Waals surface area contributed by atoms with Crippen LogP contribution in [0.25, 0.3) is 10.9 Å². The maximum Gasteiger partial charge on any atom is 0.408 e. The molecule has 29 heavy (non-hydrogen) atoms. The molecule has 3 N–H and O–H groups in total. The van der Waals surface area contributed by atoms with E-state index in [4.69, 9.17) is 4.74 Å². The van der Waals surface area contributed by atoms with Crippen LogP contribution in [0.4, 0.5) is 4.79 Å². The monoisotopic (exact) mass is 399 g/mol. The number of carbonyl (C=O) groups is 2. The van der Waals surface area contributed by atoms with Crippen molar-refractivity contribution >= 4 is 22.9 Å². The van der Waals surface area contributed by atoms with Crippen molar-refractivity contribution in [3.8, 4) is 0 Å². The van der Waals surface area contributed by atoms with Crippen LogP contribution in [0.2, 0.25) is 0 Å². The number of benzene rings is 1. The Bertz CT molecular complexity index is 842. The van der Waals surface area contributed by atoms with E-state index in [1.54, 1.807) is 0 Å². The van der Waals surface area contributed by atoms with Gasteiger partial charge in [-0.25, -0.2) is 4.79 Å². The molecule has 0 aliphatic heterocycles. The third-order valence-corrected chi connectivity index (χ3v) is 5.48. The summed E-state index contributed by atoms with van der Waals surface area (Å²) < 4.78 is 5.48.